The summed E-state index contributed by atoms with van der Waals surface area (Å²) < 4.78 is 11.1. The van der Waals surface area contributed by atoms with Crippen molar-refractivity contribution in [1.82, 2.24) is 0 Å². The van der Waals surface area contributed by atoms with E-state index in [2.05, 4.69) is 0 Å². The first-order valence-corrected chi connectivity index (χ1v) is 7.42. The molecule has 2 aliphatic heterocycles. The van der Waals surface area contributed by atoms with Gasteiger partial charge in [-0.05, 0) is 12.8 Å². The standard InChI is InChI=1S/C15H20O6/c1-7-8-4-15(19)12(2)6-20-11(17)10(21-8)14(7,15)5-9(16)13(12,3)18/h7-8,10,18-19H,4-6H2,1-3H3. The molecule has 1 spiro atoms. The number of ether oxygens (including phenoxy) is 2. The van der Waals surface area contributed by atoms with Gasteiger partial charge in [-0.1, -0.05) is 13.8 Å². The fourth-order valence-electron chi connectivity index (χ4n) is 5.39. The van der Waals surface area contributed by atoms with E-state index in [1.54, 1.807) is 6.92 Å². The van der Waals surface area contributed by atoms with Crippen LogP contribution in [0, 0.1) is 16.7 Å². The molecule has 0 aromatic heterocycles. The lowest BCUT2D eigenvalue weighted by Gasteiger charge is -2.61. The van der Waals surface area contributed by atoms with Crippen LogP contribution in [0.2, 0.25) is 0 Å². The Hall–Kier alpha value is -0.980. The Morgan fingerprint density at radius 1 is 1.24 bits per heavy atom. The maximum Gasteiger partial charge on any atom is 0.336 e. The summed E-state index contributed by atoms with van der Waals surface area (Å²) in [6.07, 6.45) is -0.935. The van der Waals surface area contributed by atoms with Crippen molar-refractivity contribution < 1.29 is 29.3 Å². The zero-order valence-electron chi connectivity index (χ0n) is 12.4. The minimum Gasteiger partial charge on any atom is -0.463 e. The minimum absolute atomic E-state index is 0.0521. The highest BCUT2D eigenvalue weighted by Gasteiger charge is 2.84. The van der Waals surface area contributed by atoms with E-state index in [-0.39, 0.29) is 30.8 Å². The van der Waals surface area contributed by atoms with Crippen molar-refractivity contribution in [3.05, 3.63) is 0 Å². The van der Waals surface area contributed by atoms with Crippen LogP contribution >= 0.6 is 0 Å². The number of carbonyl (C=O) groups excluding carboxylic acids is 2. The van der Waals surface area contributed by atoms with Crippen molar-refractivity contribution in [1.29, 1.82) is 0 Å². The number of ketones is 1. The second-order valence-electron chi connectivity index (χ2n) is 7.56. The normalized spacial score (nSPS) is 61.7. The zero-order chi connectivity index (χ0) is 15.4. The van der Waals surface area contributed by atoms with E-state index in [0.717, 1.165) is 0 Å². The van der Waals surface area contributed by atoms with Gasteiger partial charge in [-0.15, -0.1) is 0 Å². The Morgan fingerprint density at radius 2 is 1.90 bits per heavy atom. The van der Waals surface area contributed by atoms with Gasteiger partial charge in [-0.25, -0.2) is 4.79 Å². The van der Waals surface area contributed by atoms with E-state index in [1.165, 1.54) is 6.92 Å². The van der Waals surface area contributed by atoms with Crippen LogP contribution in [-0.4, -0.2) is 52.0 Å². The second kappa shape index (κ2) is 3.34. The molecule has 4 fully saturated rings. The quantitative estimate of drug-likeness (QED) is 0.601. The predicted molar refractivity (Wildman–Crippen MR) is 69.1 cm³/mol. The molecule has 2 aliphatic carbocycles. The van der Waals surface area contributed by atoms with Gasteiger partial charge >= 0.3 is 5.97 Å². The summed E-state index contributed by atoms with van der Waals surface area (Å²) in [4.78, 5) is 24.9. The zero-order valence-corrected chi connectivity index (χ0v) is 12.4. The van der Waals surface area contributed by atoms with Gasteiger partial charge in [0.25, 0.3) is 0 Å². The van der Waals surface area contributed by atoms with Crippen LogP contribution in [0.3, 0.4) is 0 Å². The van der Waals surface area contributed by atoms with Gasteiger partial charge in [0.05, 0.1) is 17.1 Å². The molecule has 4 rings (SSSR count). The largest absolute Gasteiger partial charge is 0.463 e. The highest BCUT2D eigenvalue weighted by Crippen LogP contribution is 2.72. The molecule has 3 bridgehead atoms. The number of fused-ring (bicyclic) bond motifs is 1. The maximum atomic E-state index is 12.6. The molecule has 2 saturated carbocycles. The Bertz CT molecular complexity index is 571. The number of hydrogen-bond acceptors (Lipinski definition) is 6. The molecule has 6 heteroatoms. The van der Waals surface area contributed by atoms with Gasteiger partial charge in [-0.3, -0.25) is 4.79 Å². The van der Waals surface area contributed by atoms with Gasteiger partial charge in [0.1, 0.15) is 12.2 Å². The van der Waals surface area contributed by atoms with Crippen LogP contribution in [0.15, 0.2) is 0 Å². The lowest BCUT2D eigenvalue weighted by molar-refractivity contribution is -0.268. The fourth-order valence-corrected chi connectivity index (χ4v) is 5.39. The van der Waals surface area contributed by atoms with Crippen LogP contribution < -0.4 is 0 Å². The van der Waals surface area contributed by atoms with Crippen molar-refractivity contribution in [2.24, 2.45) is 16.7 Å². The van der Waals surface area contributed by atoms with Gasteiger partial charge in [0, 0.05) is 18.3 Å². The molecule has 2 saturated heterocycles. The lowest BCUT2D eigenvalue weighted by Crippen LogP contribution is -2.75. The summed E-state index contributed by atoms with van der Waals surface area (Å²) in [5.74, 6) is -1.01. The van der Waals surface area contributed by atoms with Crippen LogP contribution in [0.4, 0.5) is 0 Å². The highest BCUT2D eigenvalue weighted by atomic mass is 16.6. The Balaban J connectivity index is 2.04. The highest BCUT2D eigenvalue weighted by molar-refractivity contribution is 5.92. The Kier molecular flexibility index (Phi) is 2.17. The average Bonchev–Trinajstić information content (AvgIpc) is 2.79. The molecule has 21 heavy (non-hydrogen) atoms. The molecule has 0 amide bonds. The molecule has 116 valence electrons. The summed E-state index contributed by atoms with van der Waals surface area (Å²) >= 11 is 0. The molecule has 0 aromatic carbocycles. The van der Waals surface area contributed by atoms with E-state index < -0.39 is 34.1 Å². The third kappa shape index (κ3) is 1.06. The first-order valence-electron chi connectivity index (χ1n) is 7.42. The number of carbonyl (C=O) groups is 2. The Morgan fingerprint density at radius 3 is 2.57 bits per heavy atom. The molecule has 7 unspecified atom stereocenters. The number of aliphatic hydroxyl groups is 2. The van der Waals surface area contributed by atoms with Gasteiger partial charge in [0.15, 0.2) is 11.9 Å². The molecule has 4 aliphatic rings. The summed E-state index contributed by atoms with van der Waals surface area (Å²) in [6, 6.07) is 0. The molecule has 0 radical (unpaired) electrons. The SMILES string of the molecule is CC1C2CC3(O)C14CC(=O)C(C)(O)C3(C)COC(=O)C4O2. The first kappa shape index (κ1) is 13.7. The van der Waals surface area contributed by atoms with Gasteiger partial charge < -0.3 is 19.7 Å². The smallest absolute Gasteiger partial charge is 0.336 e. The van der Waals surface area contributed by atoms with Crippen LogP contribution in [-0.2, 0) is 19.1 Å². The van der Waals surface area contributed by atoms with Crippen molar-refractivity contribution in [3.63, 3.8) is 0 Å². The van der Waals surface area contributed by atoms with E-state index in [9.17, 15) is 19.8 Å². The molecule has 2 N–H and O–H groups in total. The third-order valence-corrected chi connectivity index (χ3v) is 7.12. The van der Waals surface area contributed by atoms with E-state index >= 15 is 0 Å². The fraction of sp³-hybridized carbons (Fsp3) is 0.867. The van der Waals surface area contributed by atoms with Crippen LogP contribution in [0.5, 0.6) is 0 Å². The maximum absolute atomic E-state index is 12.6. The lowest BCUT2D eigenvalue weighted by atomic mass is 9.45. The van der Waals surface area contributed by atoms with Crippen LogP contribution in [0.1, 0.15) is 33.6 Å². The number of rotatable bonds is 0. The van der Waals surface area contributed by atoms with E-state index in [4.69, 9.17) is 9.47 Å². The monoisotopic (exact) mass is 296 g/mol. The van der Waals surface area contributed by atoms with Crippen molar-refractivity contribution in [2.45, 2.75) is 57.0 Å². The number of hydrogen-bond donors (Lipinski definition) is 2. The molecular formula is C15H20O6. The third-order valence-electron chi connectivity index (χ3n) is 7.12. The van der Waals surface area contributed by atoms with Crippen LogP contribution in [0.25, 0.3) is 0 Å². The molecule has 6 nitrogen and oxygen atoms in total. The van der Waals surface area contributed by atoms with Crippen molar-refractivity contribution in [3.8, 4) is 0 Å². The number of Topliss-reactive ketones (excluding diaryl/α,β-unsaturated/α-hetero) is 1. The summed E-state index contributed by atoms with van der Waals surface area (Å²) in [5, 5.41) is 22.3. The van der Waals surface area contributed by atoms with Gasteiger partial charge in [0.2, 0.25) is 0 Å². The molecule has 7 atom stereocenters. The molecule has 2 heterocycles. The van der Waals surface area contributed by atoms with Gasteiger partial charge in [-0.2, -0.15) is 0 Å². The topological polar surface area (TPSA) is 93.1 Å². The van der Waals surface area contributed by atoms with Crippen molar-refractivity contribution in [2.75, 3.05) is 6.61 Å². The minimum atomic E-state index is -1.73. The Labute approximate surface area is 122 Å². The molecule has 0 aromatic rings. The second-order valence-corrected chi connectivity index (χ2v) is 7.56. The van der Waals surface area contributed by atoms with E-state index in [1.807, 2.05) is 6.92 Å². The molecular weight excluding hydrogens is 276 g/mol. The summed E-state index contributed by atoms with van der Waals surface area (Å²) in [5.41, 5.74) is -5.30. The average molecular weight is 296 g/mol. The first-order chi connectivity index (χ1) is 9.62. The summed E-state index contributed by atoms with van der Waals surface area (Å²) in [6.45, 7) is 4.80. The number of esters is 1. The van der Waals surface area contributed by atoms with Crippen molar-refractivity contribution >= 4 is 11.8 Å². The predicted octanol–water partition coefficient (Wildman–Crippen LogP) is -0.202. The van der Waals surface area contributed by atoms with E-state index in [0.29, 0.717) is 6.42 Å². The summed E-state index contributed by atoms with van der Waals surface area (Å²) in [7, 11) is 0. The number of cyclic esters (lactones) is 1.